The van der Waals surface area contributed by atoms with Crippen LogP contribution in [0.2, 0.25) is 0 Å². The van der Waals surface area contributed by atoms with Gasteiger partial charge in [-0.05, 0) is 36.4 Å². The van der Waals surface area contributed by atoms with Crippen molar-refractivity contribution in [2.75, 3.05) is 10.6 Å². The van der Waals surface area contributed by atoms with Gasteiger partial charge in [0.25, 0.3) is 0 Å². The summed E-state index contributed by atoms with van der Waals surface area (Å²) in [6.45, 7) is 0. The van der Waals surface area contributed by atoms with Gasteiger partial charge in [-0.15, -0.1) is 24.5 Å². The Balaban J connectivity index is 1.53. The van der Waals surface area contributed by atoms with Crippen molar-refractivity contribution in [3.8, 4) is 5.75 Å². The number of carbonyl (C=O) groups is 1. The fourth-order valence-corrected chi connectivity index (χ4v) is 2.82. The highest BCUT2D eigenvalue weighted by Crippen LogP contribution is 2.24. The van der Waals surface area contributed by atoms with E-state index in [-0.39, 0.29) is 18.1 Å². The van der Waals surface area contributed by atoms with Crippen molar-refractivity contribution in [1.29, 1.82) is 0 Å². The van der Waals surface area contributed by atoms with Gasteiger partial charge in [0.2, 0.25) is 5.91 Å². The molecule has 1 aromatic carbocycles. The number of hydrogen-bond acceptors (Lipinski definition) is 6. The molecule has 0 unspecified atom stereocenters. The molecule has 27 heavy (non-hydrogen) atoms. The number of rotatable bonds is 6. The summed E-state index contributed by atoms with van der Waals surface area (Å²) in [4.78, 5) is 20.5. The van der Waals surface area contributed by atoms with E-state index >= 15 is 0 Å². The number of halogens is 3. The Kier molecular flexibility index (Phi) is 5.55. The number of thiazole rings is 1. The van der Waals surface area contributed by atoms with Crippen LogP contribution in [0.5, 0.6) is 5.75 Å². The molecule has 0 aliphatic rings. The average molecular weight is 394 g/mol. The number of aromatic nitrogens is 2. The summed E-state index contributed by atoms with van der Waals surface area (Å²) in [5.41, 5.74) is 0.921. The SMILES string of the molecule is O=C(Cc1csc(Nc2ccccn2)n1)Nc1ccc(OC(F)(F)F)cc1. The molecule has 0 aliphatic carbocycles. The minimum Gasteiger partial charge on any atom is -0.406 e. The molecule has 2 heterocycles. The van der Waals surface area contributed by atoms with Gasteiger partial charge in [-0.25, -0.2) is 9.97 Å². The van der Waals surface area contributed by atoms with Crippen LogP contribution in [0, 0.1) is 0 Å². The van der Waals surface area contributed by atoms with E-state index in [0.717, 1.165) is 12.1 Å². The zero-order valence-electron chi connectivity index (χ0n) is 13.7. The lowest BCUT2D eigenvalue weighted by Crippen LogP contribution is -2.17. The molecular weight excluding hydrogens is 381 g/mol. The number of pyridine rings is 1. The lowest BCUT2D eigenvalue weighted by Gasteiger charge is -2.09. The molecule has 6 nitrogen and oxygen atoms in total. The molecule has 0 saturated heterocycles. The van der Waals surface area contributed by atoms with Gasteiger partial charge in [-0.3, -0.25) is 4.79 Å². The van der Waals surface area contributed by atoms with Crippen molar-refractivity contribution in [3.05, 3.63) is 59.7 Å². The maximum Gasteiger partial charge on any atom is 0.573 e. The minimum absolute atomic E-state index is 0.0290. The number of carbonyl (C=O) groups excluding carboxylic acids is 1. The van der Waals surface area contributed by atoms with Gasteiger partial charge in [0, 0.05) is 17.3 Å². The standard InChI is InChI=1S/C17H13F3N4O2S/c18-17(19,20)26-13-6-4-11(5-7-13)22-15(25)9-12-10-27-16(23-12)24-14-3-1-2-8-21-14/h1-8,10H,9H2,(H,22,25)(H,21,23,24). The average Bonchev–Trinajstić information content (AvgIpc) is 3.03. The minimum atomic E-state index is -4.75. The summed E-state index contributed by atoms with van der Waals surface area (Å²) in [6, 6.07) is 10.3. The van der Waals surface area contributed by atoms with Gasteiger partial charge >= 0.3 is 6.36 Å². The van der Waals surface area contributed by atoms with E-state index < -0.39 is 6.36 Å². The fourth-order valence-electron chi connectivity index (χ4n) is 2.10. The highest BCUT2D eigenvalue weighted by Gasteiger charge is 2.30. The first-order valence-corrected chi connectivity index (χ1v) is 8.53. The summed E-state index contributed by atoms with van der Waals surface area (Å²) in [5, 5.41) is 7.97. The van der Waals surface area contributed by atoms with Crippen molar-refractivity contribution in [2.24, 2.45) is 0 Å². The molecule has 2 N–H and O–H groups in total. The van der Waals surface area contributed by atoms with Crippen molar-refractivity contribution >= 4 is 33.9 Å². The fraction of sp³-hybridized carbons (Fsp3) is 0.118. The van der Waals surface area contributed by atoms with Crippen molar-refractivity contribution in [2.45, 2.75) is 12.8 Å². The second kappa shape index (κ2) is 8.04. The third kappa shape index (κ3) is 5.96. The first-order valence-electron chi connectivity index (χ1n) is 7.65. The highest BCUT2D eigenvalue weighted by molar-refractivity contribution is 7.13. The van der Waals surface area contributed by atoms with E-state index in [2.05, 4.69) is 25.3 Å². The molecule has 0 bridgehead atoms. The third-order valence-electron chi connectivity index (χ3n) is 3.16. The molecule has 2 aromatic heterocycles. The second-order valence-electron chi connectivity index (χ2n) is 5.28. The van der Waals surface area contributed by atoms with Gasteiger partial charge in [0.15, 0.2) is 5.13 Å². The van der Waals surface area contributed by atoms with Crippen LogP contribution in [0.4, 0.5) is 29.8 Å². The van der Waals surface area contributed by atoms with Crippen LogP contribution in [0.25, 0.3) is 0 Å². The number of alkyl halides is 3. The van der Waals surface area contributed by atoms with Gasteiger partial charge in [0.05, 0.1) is 12.1 Å². The second-order valence-corrected chi connectivity index (χ2v) is 6.14. The predicted octanol–water partition coefficient (Wildman–Crippen LogP) is 4.36. The third-order valence-corrected chi connectivity index (χ3v) is 3.97. The van der Waals surface area contributed by atoms with Crippen LogP contribution in [0.1, 0.15) is 5.69 Å². The van der Waals surface area contributed by atoms with Crippen LogP contribution in [0.15, 0.2) is 54.0 Å². The van der Waals surface area contributed by atoms with Gasteiger partial charge < -0.3 is 15.4 Å². The van der Waals surface area contributed by atoms with E-state index in [1.807, 2.05) is 6.07 Å². The number of anilines is 3. The molecule has 0 radical (unpaired) electrons. The van der Waals surface area contributed by atoms with Crippen molar-refractivity contribution < 1.29 is 22.7 Å². The van der Waals surface area contributed by atoms with Crippen LogP contribution in [-0.4, -0.2) is 22.2 Å². The van der Waals surface area contributed by atoms with Crippen LogP contribution in [0.3, 0.4) is 0 Å². The van der Waals surface area contributed by atoms with Gasteiger partial charge in [-0.2, -0.15) is 0 Å². The molecule has 1 amide bonds. The first kappa shape index (κ1) is 18.6. The van der Waals surface area contributed by atoms with E-state index in [1.54, 1.807) is 23.7 Å². The Labute approximate surface area is 156 Å². The monoisotopic (exact) mass is 394 g/mol. The molecule has 3 rings (SSSR count). The Morgan fingerprint density at radius 3 is 2.59 bits per heavy atom. The van der Waals surface area contributed by atoms with Crippen LogP contribution < -0.4 is 15.4 Å². The molecular formula is C17H13F3N4O2S. The summed E-state index contributed by atoms with van der Waals surface area (Å²) >= 11 is 1.33. The molecule has 10 heteroatoms. The van der Waals surface area contributed by atoms with Crippen molar-refractivity contribution in [1.82, 2.24) is 9.97 Å². The molecule has 3 aromatic rings. The van der Waals surface area contributed by atoms with E-state index in [0.29, 0.717) is 22.3 Å². The smallest absolute Gasteiger partial charge is 0.406 e. The lowest BCUT2D eigenvalue weighted by atomic mass is 10.2. The zero-order valence-corrected chi connectivity index (χ0v) is 14.5. The lowest BCUT2D eigenvalue weighted by molar-refractivity contribution is -0.274. The highest BCUT2D eigenvalue weighted by atomic mass is 32.1. The molecule has 0 spiro atoms. The van der Waals surface area contributed by atoms with E-state index in [1.165, 1.54) is 23.5 Å². The van der Waals surface area contributed by atoms with Crippen molar-refractivity contribution in [3.63, 3.8) is 0 Å². The topological polar surface area (TPSA) is 76.1 Å². The molecule has 140 valence electrons. The normalized spacial score (nSPS) is 11.1. The molecule has 0 fully saturated rings. The van der Waals surface area contributed by atoms with Gasteiger partial charge in [-0.1, -0.05) is 6.07 Å². The van der Waals surface area contributed by atoms with E-state index in [9.17, 15) is 18.0 Å². The first-order chi connectivity index (χ1) is 12.9. The summed E-state index contributed by atoms with van der Waals surface area (Å²) < 4.78 is 40.2. The number of nitrogens with zero attached hydrogens (tertiary/aromatic N) is 2. The van der Waals surface area contributed by atoms with Crippen LogP contribution in [-0.2, 0) is 11.2 Å². The van der Waals surface area contributed by atoms with E-state index in [4.69, 9.17) is 0 Å². The number of benzene rings is 1. The maximum atomic E-state index is 12.1. The number of hydrogen-bond donors (Lipinski definition) is 2. The molecule has 0 atom stereocenters. The number of amides is 1. The zero-order chi connectivity index (χ0) is 19.3. The number of nitrogens with one attached hydrogen (secondary N) is 2. The maximum absolute atomic E-state index is 12.1. The number of ether oxygens (including phenoxy) is 1. The quantitative estimate of drug-likeness (QED) is 0.650. The summed E-state index contributed by atoms with van der Waals surface area (Å²) in [7, 11) is 0. The molecule has 0 saturated carbocycles. The predicted molar refractivity (Wildman–Crippen MR) is 95.1 cm³/mol. The summed E-state index contributed by atoms with van der Waals surface area (Å²) in [5.74, 6) is -0.0524. The Bertz CT molecular complexity index is 899. The Morgan fingerprint density at radius 2 is 1.93 bits per heavy atom. The Morgan fingerprint density at radius 1 is 1.15 bits per heavy atom. The molecule has 0 aliphatic heterocycles. The van der Waals surface area contributed by atoms with Crippen LogP contribution >= 0.6 is 11.3 Å². The largest absolute Gasteiger partial charge is 0.573 e. The summed E-state index contributed by atoms with van der Waals surface area (Å²) in [6.07, 6.45) is -3.08. The Hall–Kier alpha value is -3.14. The van der Waals surface area contributed by atoms with Gasteiger partial charge in [0.1, 0.15) is 11.6 Å².